The van der Waals surface area contributed by atoms with E-state index in [9.17, 15) is 22.6 Å². The Morgan fingerprint density at radius 1 is 0.921 bits per heavy atom. The predicted molar refractivity (Wildman–Crippen MR) is 147 cm³/mol. The summed E-state index contributed by atoms with van der Waals surface area (Å²) >= 11 is 0. The first kappa shape index (κ1) is 27.3. The molecule has 0 unspecified atom stereocenters. The molecule has 2 N–H and O–H groups in total. The maximum Gasteiger partial charge on any atom is 0.446 e. The first-order chi connectivity index (χ1) is 18.1. The van der Waals surface area contributed by atoms with Crippen molar-refractivity contribution in [2.24, 2.45) is 0 Å². The minimum atomic E-state index is -4.87. The lowest BCUT2D eigenvalue weighted by Gasteiger charge is -2.23. The number of ketones is 1. The van der Waals surface area contributed by atoms with E-state index in [0.29, 0.717) is 16.7 Å². The van der Waals surface area contributed by atoms with Gasteiger partial charge in [-0.2, -0.15) is 8.42 Å². The Morgan fingerprint density at radius 2 is 1.61 bits per heavy atom. The number of aryl methyl sites for hydroxylation is 1. The molecule has 3 aromatic rings. The van der Waals surface area contributed by atoms with Crippen LogP contribution in [0.5, 0.6) is 5.75 Å². The van der Waals surface area contributed by atoms with Crippen molar-refractivity contribution >= 4 is 33.5 Å². The number of amides is 1. The molecule has 3 aromatic carbocycles. The fourth-order valence-corrected chi connectivity index (χ4v) is 4.74. The van der Waals surface area contributed by atoms with Crippen molar-refractivity contribution in [3.8, 4) is 5.75 Å². The summed E-state index contributed by atoms with van der Waals surface area (Å²) in [6.07, 6.45) is 0.928. The summed E-state index contributed by atoms with van der Waals surface area (Å²) in [5.41, 5.74) is 3.18. The highest BCUT2D eigenvalue weighted by Crippen LogP contribution is 2.31. The van der Waals surface area contributed by atoms with Crippen LogP contribution in [-0.4, -0.2) is 62.8 Å². The predicted octanol–water partition coefficient (Wildman–Crippen LogP) is 4.00. The standard InChI is InChI=1S/C28H31N3O6S/c1-20-7-9-21(10-8-20)25(32)19-23-5-3-6-26(37-38(34,35)36)27(23)29-28(33)22-11-13-24(14-12-22)31-16-4-15-30(2)17-18-31/h3,5-14H,4,15-19H2,1-2H3,(H,29,33)(H,34,35,36). The highest BCUT2D eigenvalue weighted by atomic mass is 32.3. The van der Waals surface area contributed by atoms with E-state index in [1.807, 2.05) is 31.2 Å². The smallest absolute Gasteiger partial charge is 0.370 e. The van der Waals surface area contributed by atoms with Gasteiger partial charge in [0.25, 0.3) is 5.91 Å². The number of nitrogens with one attached hydrogen (secondary N) is 1. The van der Waals surface area contributed by atoms with Gasteiger partial charge in [-0.1, -0.05) is 42.0 Å². The van der Waals surface area contributed by atoms with Gasteiger partial charge in [-0.15, -0.1) is 0 Å². The number of nitrogens with zero attached hydrogens (tertiary/aromatic N) is 2. The molecule has 0 bridgehead atoms. The van der Waals surface area contributed by atoms with E-state index in [4.69, 9.17) is 4.18 Å². The van der Waals surface area contributed by atoms with Crippen molar-refractivity contribution in [3.05, 3.63) is 89.0 Å². The molecule has 1 heterocycles. The lowest BCUT2D eigenvalue weighted by atomic mass is 10.00. The van der Waals surface area contributed by atoms with E-state index >= 15 is 0 Å². The van der Waals surface area contributed by atoms with Crippen LogP contribution in [0.15, 0.2) is 66.7 Å². The van der Waals surface area contributed by atoms with E-state index in [2.05, 4.69) is 22.2 Å². The number of carbonyl (C=O) groups is 2. The molecule has 1 saturated heterocycles. The Kier molecular flexibility index (Phi) is 8.45. The van der Waals surface area contributed by atoms with Crippen LogP contribution in [0.25, 0.3) is 0 Å². The fraction of sp³-hybridized carbons (Fsp3) is 0.286. The van der Waals surface area contributed by atoms with Crippen molar-refractivity contribution in [3.63, 3.8) is 0 Å². The summed E-state index contributed by atoms with van der Waals surface area (Å²) < 4.78 is 36.9. The van der Waals surface area contributed by atoms with Crippen molar-refractivity contribution in [1.82, 2.24) is 4.90 Å². The van der Waals surface area contributed by atoms with Crippen molar-refractivity contribution in [2.75, 3.05) is 43.4 Å². The zero-order valence-electron chi connectivity index (χ0n) is 21.4. The van der Waals surface area contributed by atoms with Crippen LogP contribution in [0.1, 0.15) is 38.3 Å². The number of benzene rings is 3. The number of anilines is 2. The first-order valence-corrected chi connectivity index (χ1v) is 13.7. The number of para-hydroxylation sites is 1. The second kappa shape index (κ2) is 11.8. The summed E-state index contributed by atoms with van der Waals surface area (Å²) in [7, 11) is -2.77. The molecule has 200 valence electrons. The molecule has 1 amide bonds. The Balaban J connectivity index is 1.57. The molecule has 1 aliphatic rings. The molecule has 9 nitrogen and oxygen atoms in total. The minimum absolute atomic E-state index is 0.00443. The maximum absolute atomic E-state index is 13.2. The quantitative estimate of drug-likeness (QED) is 0.327. The van der Waals surface area contributed by atoms with Gasteiger partial charge in [0.2, 0.25) is 0 Å². The average molecular weight is 538 g/mol. The number of likely N-dealkylation sites (N-methyl/N-ethyl adjacent to an activating group) is 1. The molecule has 0 saturated carbocycles. The molecule has 0 spiro atoms. The molecule has 1 fully saturated rings. The molecular weight excluding hydrogens is 506 g/mol. The van der Waals surface area contributed by atoms with Gasteiger partial charge in [0.15, 0.2) is 11.5 Å². The van der Waals surface area contributed by atoms with Gasteiger partial charge in [0.05, 0.1) is 5.69 Å². The first-order valence-electron chi connectivity index (χ1n) is 12.3. The Hall–Kier alpha value is -3.73. The van der Waals surface area contributed by atoms with E-state index in [1.54, 1.807) is 30.3 Å². The van der Waals surface area contributed by atoms with E-state index < -0.39 is 16.3 Å². The van der Waals surface area contributed by atoms with Crippen LogP contribution in [0.2, 0.25) is 0 Å². The third-order valence-electron chi connectivity index (χ3n) is 6.48. The normalized spacial score (nSPS) is 14.6. The summed E-state index contributed by atoms with van der Waals surface area (Å²) in [5.74, 6) is -1.03. The summed E-state index contributed by atoms with van der Waals surface area (Å²) in [4.78, 5) is 30.7. The summed E-state index contributed by atoms with van der Waals surface area (Å²) in [6, 6.07) is 18.6. The molecular formula is C28H31N3O6S. The van der Waals surface area contributed by atoms with Crippen LogP contribution in [0.3, 0.4) is 0 Å². The van der Waals surface area contributed by atoms with Gasteiger partial charge in [0, 0.05) is 42.9 Å². The number of Topliss-reactive ketones (excluding diaryl/α,β-unsaturated/α-hetero) is 1. The van der Waals surface area contributed by atoms with Crippen LogP contribution in [0, 0.1) is 6.92 Å². The zero-order chi connectivity index (χ0) is 27.3. The van der Waals surface area contributed by atoms with E-state index in [-0.39, 0.29) is 23.6 Å². The number of rotatable bonds is 8. The second-order valence-corrected chi connectivity index (χ2v) is 10.4. The molecule has 0 aromatic heterocycles. The van der Waals surface area contributed by atoms with Gasteiger partial charge in [0.1, 0.15) is 0 Å². The summed E-state index contributed by atoms with van der Waals surface area (Å²) in [6.45, 7) is 5.72. The minimum Gasteiger partial charge on any atom is -0.370 e. The van der Waals surface area contributed by atoms with Crippen LogP contribution < -0.4 is 14.4 Å². The van der Waals surface area contributed by atoms with Crippen LogP contribution in [-0.2, 0) is 16.8 Å². The molecule has 10 heteroatoms. The van der Waals surface area contributed by atoms with Crippen molar-refractivity contribution < 1.29 is 26.7 Å². The zero-order valence-corrected chi connectivity index (χ0v) is 22.2. The monoisotopic (exact) mass is 537 g/mol. The van der Waals surface area contributed by atoms with Gasteiger partial charge < -0.3 is 19.3 Å². The molecule has 38 heavy (non-hydrogen) atoms. The van der Waals surface area contributed by atoms with Gasteiger partial charge in [-0.3, -0.25) is 14.1 Å². The number of hydrogen-bond donors (Lipinski definition) is 2. The third kappa shape index (κ3) is 7.18. The van der Waals surface area contributed by atoms with Gasteiger partial charge >= 0.3 is 10.4 Å². The molecule has 1 aliphatic heterocycles. The largest absolute Gasteiger partial charge is 0.446 e. The van der Waals surface area contributed by atoms with Crippen LogP contribution in [0.4, 0.5) is 11.4 Å². The fourth-order valence-electron chi connectivity index (χ4n) is 4.38. The Morgan fingerprint density at radius 3 is 2.29 bits per heavy atom. The Labute approximate surface area is 223 Å². The molecule has 0 radical (unpaired) electrons. The van der Waals surface area contributed by atoms with Gasteiger partial charge in [-0.25, -0.2) is 0 Å². The highest BCUT2D eigenvalue weighted by molar-refractivity contribution is 7.81. The molecule has 4 rings (SSSR count). The van der Waals surface area contributed by atoms with Crippen LogP contribution >= 0.6 is 0 Å². The van der Waals surface area contributed by atoms with Crippen molar-refractivity contribution in [2.45, 2.75) is 19.8 Å². The lowest BCUT2D eigenvalue weighted by molar-refractivity contribution is 0.0989. The van der Waals surface area contributed by atoms with E-state index in [0.717, 1.165) is 43.9 Å². The average Bonchev–Trinajstić information content (AvgIpc) is 3.10. The van der Waals surface area contributed by atoms with Crippen molar-refractivity contribution in [1.29, 1.82) is 0 Å². The topological polar surface area (TPSA) is 116 Å². The maximum atomic E-state index is 13.2. The third-order valence-corrected chi connectivity index (χ3v) is 6.88. The molecule has 0 aliphatic carbocycles. The number of carbonyl (C=O) groups excluding carboxylic acids is 2. The SMILES string of the molecule is Cc1ccc(C(=O)Cc2cccc(OS(=O)(=O)O)c2NC(=O)c2ccc(N3CCCN(C)CC3)cc2)cc1. The highest BCUT2D eigenvalue weighted by Gasteiger charge is 2.21. The Bertz CT molecular complexity index is 1410. The van der Waals surface area contributed by atoms with E-state index in [1.165, 1.54) is 12.1 Å². The number of hydrogen-bond acceptors (Lipinski definition) is 7. The second-order valence-electron chi connectivity index (χ2n) is 9.41. The summed E-state index contributed by atoms with van der Waals surface area (Å²) in [5, 5.41) is 2.69. The lowest BCUT2D eigenvalue weighted by Crippen LogP contribution is -2.28. The van der Waals surface area contributed by atoms with Gasteiger partial charge in [-0.05, 0) is 62.8 Å². The molecule has 0 atom stereocenters.